The number of nitrogens with zero attached hydrogens (tertiary/aromatic N) is 4. The highest BCUT2D eigenvalue weighted by Crippen LogP contribution is 2.33. The largest absolute Gasteiger partial charge is 0.368 e. The fourth-order valence-electron chi connectivity index (χ4n) is 3.67. The molecule has 1 unspecified atom stereocenters. The Balaban J connectivity index is 1.61. The van der Waals surface area contributed by atoms with Gasteiger partial charge in [0.05, 0.1) is 6.54 Å². The number of aromatic nitrogens is 3. The summed E-state index contributed by atoms with van der Waals surface area (Å²) in [5.41, 5.74) is 7.31. The van der Waals surface area contributed by atoms with Crippen molar-refractivity contribution in [2.24, 2.45) is 0 Å². The number of benzene rings is 2. The number of amides is 3. The average Bonchev–Trinajstić information content (AvgIpc) is 3.01. The third-order valence-corrected chi connectivity index (χ3v) is 5.36. The molecule has 0 spiro atoms. The van der Waals surface area contributed by atoms with Crippen molar-refractivity contribution in [2.75, 3.05) is 11.1 Å². The molecule has 1 fully saturated rings. The first-order valence-electron chi connectivity index (χ1n) is 9.95. The van der Waals surface area contributed by atoms with Crippen molar-refractivity contribution < 1.29 is 9.59 Å². The lowest BCUT2D eigenvalue weighted by Gasteiger charge is -2.25. The second-order valence-electron chi connectivity index (χ2n) is 7.32. The first kappa shape index (κ1) is 20.3. The Morgan fingerprint density at radius 3 is 2.45 bits per heavy atom. The quantitative estimate of drug-likeness (QED) is 0.526. The molecule has 9 heteroatoms. The number of nitrogens with one attached hydrogen (secondary N) is 2. The molecular weight excluding hydrogens is 394 g/mol. The van der Waals surface area contributed by atoms with E-state index in [0.29, 0.717) is 6.42 Å². The number of nitrogen functional groups attached to an aromatic ring is 1. The van der Waals surface area contributed by atoms with E-state index in [9.17, 15) is 9.59 Å². The van der Waals surface area contributed by atoms with Gasteiger partial charge in [0, 0.05) is 5.69 Å². The van der Waals surface area contributed by atoms with E-state index in [1.54, 1.807) is 0 Å². The van der Waals surface area contributed by atoms with Gasteiger partial charge in [0.1, 0.15) is 5.54 Å². The van der Waals surface area contributed by atoms with Crippen molar-refractivity contribution in [3.8, 4) is 0 Å². The number of anilines is 3. The van der Waals surface area contributed by atoms with Crippen LogP contribution in [0.5, 0.6) is 0 Å². The van der Waals surface area contributed by atoms with Crippen molar-refractivity contribution in [1.82, 2.24) is 25.2 Å². The fourth-order valence-corrected chi connectivity index (χ4v) is 3.67. The standard InChI is InChI=1S/C22H23N7O2/c1-3-22(15-10-5-4-6-11-15)18(30)29(21(31)28-22)13-17-25-19(23)27-20(26-17)24-16-12-8-7-9-14(16)2/h4-12H,3,13H2,1-2H3,(H,28,31)(H3,23,24,25,26,27). The predicted octanol–water partition coefficient (Wildman–Crippen LogP) is 2.86. The van der Waals surface area contributed by atoms with Gasteiger partial charge in [-0.15, -0.1) is 0 Å². The number of imide groups is 1. The maximum Gasteiger partial charge on any atom is 0.325 e. The van der Waals surface area contributed by atoms with Crippen LogP contribution in [0.25, 0.3) is 0 Å². The van der Waals surface area contributed by atoms with Crippen LogP contribution in [-0.2, 0) is 16.9 Å². The minimum Gasteiger partial charge on any atom is -0.368 e. The molecule has 0 saturated carbocycles. The van der Waals surface area contributed by atoms with E-state index >= 15 is 0 Å². The number of para-hydroxylation sites is 1. The van der Waals surface area contributed by atoms with Crippen LogP contribution in [0.3, 0.4) is 0 Å². The SMILES string of the molecule is CCC1(c2ccccc2)NC(=O)N(Cc2nc(N)nc(Nc3ccccc3C)n2)C1=O. The smallest absolute Gasteiger partial charge is 0.325 e. The van der Waals surface area contributed by atoms with E-state index in [4.69, 9.17) is 5.73 Å². The minimum absolute atomic E-state index is 0.00190. The van der Waals surface area contributed by atoms with Crippen LogP contribution >= 0.6 is 0 Å². The highest BCUT2D eigenvalue weighted by molar-refractivity contribution is 6.07. The van der Waals surface area contributed by atoms with Gasteiger partial charge in [-0.2, -0.15) is 15.0 Å². The molecule has 4 N–H and O–H groups in total. The molecule has 31 heavy (non-hydrogen) atoms. The highest BCUT2D eigenvalue weighted by atomic mass is 16.2. The van der Waals surface area contributed by atoms with Gasteiger partial charge in [-0.3, -0.25) is 9.69 Å². The summed E-state index contributed by atoms with van der Waals surface area (Å²) in [5, 5.41) is 5.96. The Morgan fingerprint density at radius 1 is 1.03 bits per heavy atom. The molecule has 4 rings (SSSR count). The van der Waals surface area contributed by atoms with Crippen molar-refractivity contribution in [3.05, 3.63) is 71.5 Å². The zero-order valence-electron chi connectivity index (χ0n) is 17.3. The molecule has 1 aliphatic heterocycles. The second-order valence-corrected chi connectivity index (χ2v) is 7.32. The molecule has 1 saturated heterocycles. The van der Waals surface area contributed by atoms with E-state index in [2.05, 4.69) is 25.6 Å². The summed E-state index contributed by atoms with van der Waals surface area (Å²) in [5.74, 6) is 0.109. The molecule has 0 aliphatic carbocycles. The van der Waals surface area contributed by atoms with E-state index in [0.717, 1.165) is 21.7 Å². The van der Waals surface area contributed by atoms with Gasteiger partial charge in [0.2, 0.25) is 11.9 Å². The van der Waals surface area contributed by atoms with Crippen molar-refractivity contribution in [3.63, 3.8) is 0 Å². The zero-order valence-corrected chi connectivity index (χ0v) is 17.3. The number of rotatable bonds is 6. The third kappa shape index (κ3) is 3.77. The maximum absolute atomic E-state index is 13.3. The minimum atomic E-state index is -1.11. The average molecular weight is 417 g/mol. The lowest BCUT2D eigenvalue weighted by atomic mass is 9.87. The summed E-state index contributed by atoms with van der Waals surface area (Å²) in [6.07, 6.45) is 0.414. The molecule has 3 amide bonds. The molecule has 2 heterocycles. The number of nitrogens with two attached hydrogens (primary N) is 1. The Morgan fingerprint density at radius 2 is 1.74 bits per heavy atom. The van der Waals surface area contributed by atoms with E-state index in [1.807, 2.05) is 68.4 Å². The Kier molecular flexibility index (Phi) is 5.24. The highest BCUT2D eigenvalue weighted by Gasteiger charge is 2.51. The number of hydrogen-bond acceptors (Lipinski definition) is 7. The Hall–Kier alpha value is -4.01. The van der Waals surface area contributed by atoms with Crippen LogP contribution < -0.4 is 16.4 Å². The summed E-state index contributed by atoms with van der Waals surface area (Å²) in [7, 11) is 0. The van der Waals surface area contributed by atoms with Crippen LogP contribution in [-0.4, -0.2) is 31.8 Å². The molecule has 0 radical (unpaired) electrons. The summed E-state index contributed by atoms with van der Waals surface area (Å²) in [4.78, 5) is 39.7. The van der Waals surface area contributed by atoms with Gasteiger partial charge in [-0.1, -0.05) is 55.5 Å². The van der Waals surface area contributed by atoms with Gasteiger partial charge in [0.25, 0.3) is 5.91 Å². The molecule has 2 aromatic carbocycles. The number of aryl methyl sites for hydroxylation is 1. The van der Waals surface area contributed by atoms with Gasteiger partial charge in [0.15, 0.2) is 5.82 Å². The topological polar surface area (TPSA) is 126 Å². The summed E-state index contributed by atoms with van der Waals surface area (Å²) in [6.45, 7) is 3.70. The molecule has 1 atom stereocenters. The molecule has 3 aromatic rings. The van der Waals surface area contributed by atoms with Gasteiger partial charge >= 0.3 is 6.03 Å². The Labute approximate surface area is 179 Å². The van der Waals surface area contributed by atoms with Crippen LogP contribution in [0.1, 0.15) is 30.3 Å². The monoisotopic (exact) mass is 417 g/mol. The van der Waals surface area contributed by atoms with Crippen LogP contribution in [0.2, 0.25) is 0 Å². The second kappa shape index (κ2) is 8.02. The molecule has 158 valence electrons. The molecular formula is C22H23N7O2. The number of urea groups is 1. The van der Waals surface area contributed by atoms with Crippen molar-refractivity contribution in [1.29, 1.82) is 0 Å². The maximum atomic E-state index is 13.3. The molecule has 0 bridgehead atoms. The van der Waals surface area contributed by atoms with Crippen molar-refractivity contribution >= 4 is 29.5 Å². The predicted molar refractivity (Wildman–Crippen MR) is 116 cm³/mol. The molecule has 9 nitrogen and oxygen atoms in total. The van der Waals surface area contributed by atoms with Gasteiger partial charge in [-0.25, -0.2) is 4.79 Å². The number of hydrogen-bond donors (Lipinski definition) is 3. The fraction of sp³-hybridized carbons (Fsp3) is 0.227. The zero-order chi connectivity index (χ0) is 22.0. The van der Waals surface area contributed by atoms with Crippen LogP contribution in [0.4, 0.5) is 22.4 Å². The lowest BCUT2D eigenvalue weighted by molar-refractivity contribution is -0.132. The van der Waals surface area contributed by atoms with E-state index in [-0.39, 0.29) is 30.2 Å². The van der Waals surface area contributed by atoms with Crippen molar-refractivity contribution in [2.45, 2.75) is 32.4 Å². The van der Waals surface area contributed by atoms with E-state index in [1.165, 1.54) is 0 Å². The number of carbonyl (C=O) groups excluding carboxylic acids is 2. The molecule has 1 aromatic heterocycles. The third-order valence-electron chi connectivity index (χ3n) is 5.36. The first-order chi connectivity index (χ1) is 14.9. The van der Waals surface area contributed by atoms with E-state index < -0.39 is 11.6 Å². The summed E-state index contributed by atoms with van der Waals surface area (Å²) in [6, 6.07) is 16.4. The lowest BCUT2D eigenvalue weighted by Crippen LogP contribution is -2.43. The summed E-state index contributed by atoms with van der Waals surface area (Å²) < 4.78 is 0. The first-order valence-corrected chi connectivity index (χ1v) is 9.95. The van der Waals surface area contributed by atoms with Gasteiger partial charge in [-0.05, 0) is 30.5 Å². The Bertz CT molecular complexity index is 1140. The van der Waals surface area contributed by atoms with Gasteiger partial charge < -0.3 is 16.4 Å². The van der Waals surface area contributed by atoms with Crippen LogP contribution in [0.15, 0.2) is 54.6 Å². The van der Waals surface area contributed by atoms with Crippen LogP contribution in [0, 0.1) is 6.92 Å². The number of carbonyl (C=O) groups is 2. The normalized spacial score (nSPS) is 18.2. The summed E-state index contributed by atoms with van der Waals surface area (Å²) >= 11 is 0. The molecule has 1 aliphatic rings.